The lowest BCUT2D eigenvalue weighted by molar-refractivity contribution is 0.0462. The van der Waals surface area contributed by atoms with E-state index >= 15 is 0 Å². The first-order chi connectivity index (χ1) is 17.2. The van der Waals surface area contributed by atoms with Crippen LogP contribution < -0.4 is 9.62 Å². The molecular formula is C30H36N2O3S. The van der Waals surface area contributed by atoms with Gasteiger partial charge in [-0.05, 0) is 97.1 Å². The summed E-state index contributed by atoms with van der Waals surface area (Å²) in [6.07, 6.45) is 6.18. The quantitative estimate of drug-likeness (QED) is 0.470. The number of nitrogens with zero attached hydrogens (tertiary/aromatic N) is 1. The van der Waals surface area contributed by atoms with Crippen molar-refractivity contribution in [3.8, 4) is 5.75 Å². The predicted octanol–water partition coefficient (Wildman–Crippen LogP) is 5.81. The van der Waals surface area contributed by atoms with Crippen LogP contribution in [0.1, 0.15) is 56.1 Å². The van der Waals surface area contributed by atoms with Crippen molar-refractivity contribution in [1.82, 2.24) is 4.72 Å². The number of nitrogens with one attached hydrogen (secondary N) is 1. The van der Waals surface area contributed by atoms with Crippen LogP contribution in [0.2, 0.25) is 0 Å². The molecule has 5 nitrogen and oxygen atoms in total. The maximum Gasteiger partial charge on any atom is 0.241 e. The van der Waals surface area contributed by atoms with Gasteiger partial charge in [-0.2, -0.15) is 0 Å². The van der Waals surface area contributed by atoms with Gasteiger partial charge in [-0.25, -0.2) is 13.1 Å². The first-order valence-corrected chi connectivity index (χ1v) is 14.7. The normalized spacial score (nSPS) is 29.4. The summed E-state index contributed by atoms with van der Waals surface area (Å²) >= 11 is 0. The summed E-state index contributed by atoms with van der Waals surface area (Å²) in [7, 11) is 0.285. The fraction of sp³-hybridized carbons (Fsp3) is 0.467. The highest BCUT2D eigenvalue weighted by Gasteiger charge is 2.55. The van der Waals surface area contributed by atoms with E-state index in [4.69, 9.17) is 0 Å². The molecule has 190 valence electrons. The Kier molecular flexibility index (Phi) is 5.61. The maximum atomic E-state index is 13.8. The van der Waals surface area contributed by atoms with Crippen LogP contribution in [0, 0.1) is 17.3 Å². The third-order valence-corrected chi connectivity index (χ3v) is 11.2. The molecule has 0 bridgehead atoms. The number of aryl methyl sites for hydroxylation is 1. The highest BCUT2D eigenvalue weighted by Crippen LogP contribution is 2.61. The maximum absolute atomic E-state index is 13.8. The Morgan fingerprint density at radius 2 is 1.75 bits per heavy atom. The lowest BCUT2D eigenvalue weighted by Crippen LogP contribution is -2.50. The SMILES string of the molecule is CN(C)c1cccc2c(S(=O)(=O)N[C@H]3CC[C@H]4[C@@H]5CCc6cc(O)ccc6[C@H]5CC[C@]34C)cccc12. The van der Waals surface area contributed by atoms with Crippen molar-refractivity contribution in [3.63, 3.8) is 0 Å². The van der Waals surface area contributed by atoms with Crippen molar-refractivity contribution in [1.29, 1.82) is 0 Å². The number of sulfonamides is 1. The Labute approximate surface area is 214 Å². The summed E-state index contributed by atoms with van der Waals surface area (Å²) in [5.74, 6) is 1.97. The molecule has 0 saturated heterocycles. The summed E-state index contributed by atoms with van der Waals surface area (Å²) < 4.78 is 30.9. The lowest BCUT2D eigenvalue weighted by atomic mass is 9.55. The van der Waals surface area contributed by atoms with Crippen molar-refractivity contribution in [2.45, 2.75) is 62.3 Å². The number of rotatable bonds is 4. The Balaban J connectivity index is 1.29. The average Bonchev–Trinajstić information content (AvgIpc) is 3.18. The van der Waals surface area contributed by atoms with Crippen molar-refractivity contribution in [3.05, 3.63) is 65.7 Å². The standard InChI is InChI=1S/C30H36N2O3S/c1-30-17-16-22-21-13-11-20(33)18-19(21)10-12-23(22)26(30)14-15-29(30)31-36(34,35)28-9-5-6-24-25(28)7-4-8-27(24)32(2)3/h4-9,11,13,18,22-23,26,29,31,33H,10,12,14-17H2,1-3H3/t22-,23-,26+,29+,30+/m1/s1. The van der Waals surface area contributed by atoms with Gasteiger partial charge in [0.25, 0.3) is 0 Å². The summed E-state index contributed by atoms with van der Waals surface area (Å²) in [6.45, 7) is 2.33. The molecule has 0 spiro atoms. The average molecular weight is 505 g/mol. The van der Waals surface area contributed by atoms with Gasteiger partial charge in [-0.1, -0.05) is 37.3 Å². The zero-order valence-corrected chi connectivity index (χ0v) is 22.2. The minimum absolute atomic E-state index is 0.0396. The molecule has 3 aliphatic carbocycles. The molecule has 0 unspecified atom stereocenters. The Morgan fingerprint density at radius 3 is 2.56 bits per heavy atom. The number of benzene rings is 3. The lowest BCUT2D eigenvalue weighted by Gasteiger charge is -2.51. The number of phenols is 1. The van der Waals surface area contributed by atoms with E-state index < -0.39 is 10.0 Å². The van der Waals surface area contributed by atoms with Gasteiger partial charge in [0, 0.05) is 36.6 Å². The molecule has 5 atom stereocenters. The Bertz CT molecular complexity index is 1430. The molecule has 3 aromatic rings. The first-order valence-electron chi connectivity index (χ1n) is 13.2. The summed E-state index contributed by atoms with van der Waals surface area (Å²) in [6, 6.07) is 17.3. The van der Waals surface area contributed by atoms with E-state index in [1.807, 2.05) is 61.5 Å². The van der Waals surface area contributed by atoms with Gasteiger partial charge in [0.05, 0.1) is 4.90 Å². The molecule has 6 rings (SSSR count). The van der Waals surface area contributed by atoms with E-state index in [9.17, 15) is 13.5 Å². The molecule has 6 heteroatoms. The largest absolute Gasteiger partial charge is 0.508 e. The smallest absolute Gasteiger partial charge is 0.241 e. The topological polar surface area (TPSA) is 69.6 Å². The third kappa shape index (κ3) is 3.64. The summed E-state index contributed by atoms with van der Waals surface area (Å²) in [5, 5.41) is 11.7. The van der Waals surface area contributed by atoms with Gasteiger partial charge >= 0.3 is 0 Å². The number of fused-ring (bicyclic) bond motifs is 6. The second-order valence-corrected chi connectivity index (χ2v) is 13.3. The minimum atomic E-state index is -3.68. The number of hydrogen-bond donors (Lipinski definition) is 2. The van der Waals surface area contributed by atoms with E-state index in [0.29, 0.717) is 28.4 Å². The first kappa shape index (κ1) is 23.8. The molecule has 2 fully saturated rings. The van der Waals surface area contributed by atoms with Gasteiger partial charge in [-0.3, -0.25) is 0 Å². The molecule has 3 aromatic carbocycles. The molecule has 2 N–H and O–H groups in total. The van der Waals surface area contributed by atoms with E-state index in [1.54, 1.807) is 6.07 Å². The molecule has 2 saturated carbocycles. The van der Waals surface area contributed by atoms with E-state index in [-0.39, 0.29) is 11.5 Å². The van der Waals surface area contributed by atoms with Crippen LogP contribution >= 0.6 is 0 Å². The van der Waals surface area contributed by atoms with Crippen molar-refractivity contribution in [2.75, 3.05) is 19.0 Å². The van der Waals surface area contributed by atoms with Crippen LogP contribution in [0.4, 0.5) is 5.69 Å². The molecule has 0 heterocycles. The van der Waals surface area contributed by atoms with Crippen LogP contribution in [0.5, 0.6) is 5.75 Å². The minimum Gasteiger partial charge on any atom is -0.508 e. The molecule has 36 heavy (non-hydrogen) atoms. The second kappa shape index (κ2) is 8.49. The van der Waals surface area contributed by atoms with Gasteiger partial charge in [-0.15, -0.1) is 0 Å². The van der Waals surface area contributed by atoms with E-state index in [0.717, 1.165) is 55.0 Å². The van der Waals surface area contributed by atoms with Crippen LogP contribution in [0.25, 0.3) is 10.8 Å². The highest BCUT2D eigenvalue weighted by molar-refractivity contribution is 7.89. The Hall–Kier alpha value is -2.57. The molecule has 0 aromatic heterocycles. The summed E-state index contributed by atoms with van der Waals surface area (Å²) in [4.78, 5) is 2.40. The third-order valence-electron chi connectivity index (χ3n) is 9.64. The summed E-state index contributed by atoms with van der Waals surface area (Å²) in [5.41, 5.74) is 3.68. The molecule has 3 aliphatic rings. The second-order valence-electron chi connectivity index (χ2n) is 11.6. The number of phenolic OH excluding ortho intramolecular Hbond substituents is 1. The van der Waals surface area contributed by atoms with Gasteiger partial charge in [0.15, 0.2) is 0 Å². The number of anilines is 1. The van der Waals surface area contributed by atoms with E-state index in [2.05, 4.69) is 17.7 Å². The van der Waals surface area contributed by atoms with Crippen molar-refractivity contribution >= 4 is 26.5 Å². The predicted molar refractivity (Wildman–Crippen MR) is 145 cm³/mol. The zero-order valence-electron chi connectivity index (χ0n) is 21.4. The number of aromatic hydroxyl groups is 1. The van der Waals surface area contributed by atoms with Crippen LogP contribution in [0.15, 0.2) is 59.5 Å². The Morgan fingerprint density at radius 1 is 0.972 bits per heavy atom. The van der Waals surface area contributed by atoms with Crippen LogP contribution in [-0.2, 0) is 16.4 Å². The molecule has 0 radical (unpaired) electrons. The van der Waals surface area contributed by atoms with E-state index in [1.165, 1.54) is 11.1 Å². The van der Waals surface area contributed by atoms with Crippen LogP contribution in [0.3, 0.4) is 0 Å². The fourth-order valence-corrected chi connectivity index (χ4v) is 9.52. The zero-order chi connectivity index (χ0) is 25.2. The van der Waals surface area contributed by atoms with Gasteiger partial charge < -0.3 is 10.0 Å². The van der Waals surface area contributed by atoms with Gasteiger partial charge in [0.2, 0.25) is 10.0 Å². The monoisotopic (exact) mass is 504 g/mol. The number of hydrogen-bond acceptors (Lipinski definition) is 4. The molecule has 0 aliphatic heterocycles. The van der Waals surface area contributed by atoms with Gasteiger partial charge in [0.1, 0.15) is 5.75 Å². The molecule has 0 amide bonds. The van der Waals surface area contributed by atoms with Crippen molar-refractivity contribution < 1.29 is 13.5 Å². The highest BCUT2D eigenvalue weighted by atomic mass is 32.2. The fourth-order valence-electron chi connectivity index (χ4n) is 7.90. The van der Waals surface area contributed by atoms with Crippen LogP contribution in [-0.4, -0.2) is 33.7 Å². The molecular weight excluding hydrogens is 468 g/mol. The van der Waals surface area contributed by atoms with Crippen molar-refractivity contribution in [2.24, 2.45) is 17.3 Å².